The van der Waals surface area contributed by atoms with Crippen molar-refractivity contribution in [3.8, 4) is 0 Å². The summed E-state index contributed by atoms with van der Waals surface area (Å²) in [4.78, 5) is 52.2. The zero-order chi connectivity index (χ0) is 30.4. The molecular weight excluding hydrogens is 512 g/mol. The minimum absolute atomic E-state index is 0.0104. The zero-order valence-electron chi connectivity index (χ0n) is 25.6. The number of allylic oxidation sites excluding steroid dienone is 2. The molecule has 3 fully saturated rings. The lowest BCUT2D eigenvalue weighted by Gasteiger charge is -2.64. The van der Waals surface area contributed by atoms with Gasteiger partial charge in [-0.3, -0.25) is 19.2 Å². The summed E-state index contributed by atoms with van der Waals surface area (Å²) >= 11 is 0. The highest BCUT2D eigenvalue weighted by molar-refractivity contribution is 5.95. The summed E-state index contributed by atoms with van der Waals surface area (Å²) in [7, 11) is 0. The number of fused-ring (bicyclic) bond motifs is 5. The van der Waals surface area contributed by atoms with Gasteiger partial charge in [-0.05, 0) is 83.0 Å². The number of ether oxygens (including phenoxy) is 1. The van der Waals surface area contributed by atoms with Gasteiger partial charge in [-0.25, -0.2) is 0 Å². The van der Waals surface area contributed by atoms with Gasteiger partial charge < -0.3 is 20.1 Å². The highest BCUT2D eigenvalue weighted by atomic mass is 16.6. The van der Waals surface area contributed by atoms with Crippen LogP contribution in [-0.2, 0) is 23.9 Å². The Bertz CT molecular complexity index is 1160. The minimum atomic E-state index is -1.91. The van der Waals surface area contributed by atoms with Gasteiger partial charge in [0.15, 0.2) is 11.6 Å². The monoisotopic (exact) mass is 560 g/mol. The van der Waals surface area contributed by atoms with Gasteiger partial charge in [0.2, 0.25) is 0 Å². The number of esters is 1. The van der Waals surface area contributed by atoms with Crippen molar-refractivity contribution in [3.05, 3.63) is 11.6 Å². The highest BCUT2D eigenvalue weighted by Gasteiger charge is 2.74. The Labute approximate surface area is 237 Å². The van der Waals surface area contributed by atoms with Crippen LogP contribution in [0, 0.1) is 39.4 Å². The topological polar surface area (TPSA) is 138 Å². The fourth-order valence-electron chi connectivity index (χ4n) is 9.68. The number of carbonyl (C=O) groups excluding carboxylic acids is 4. The van der Waals surface area contributed by atoms with Gasteiger partial charge in [-0.1, -0.05) is 32.4 Å². The van der Waals surface area contributed by atoms with E-state index in [2.05, 4.69) is 13.0 Å². The number of aliphatic hydroxyl groups is 3. The maximum absolute atomic E-state index is 14.3. The zero-order valence-corrected chi connectivity index (χ0v) is 25.6. The van der Waals surface area contributed by atoms with Gasteiger partial charge in [-0.2, -0.15) is 0 Å². The van der Waals surface area contributed by atoms with E-state index in [0.29, 0.717) is 12.8 Å². The lowest BCUT2D eigenvalue weighted by molar-refractivity contribution is -0.185. The van der Waals surface area contributed by atoms with E-state index < -0.39 is 62.7 Å². The van der Waals surface area contributed by atoms with E-state index in [1.165, 1.54) is 13.8 Å². The fraction of sp³-hybridized carbons (Fsp3) is 0.812. The average molecular weight is 561 g/mol. The minimum Gasteiger partial charge on any atom is -0.460 e. The van der Waals surface area contributed by atoms with Crippen molar-refractivity contribution in [1.82, 2.24) is 0 Å². The highest BCUT2D eigenvalue weighted by Crippen LogP contribution is 2.74. The van der Waals surface area contributed by atoms with Crippen molar-refractivity contribution in [2.75, 3.05) is 0 Å². The van der Waals surface area contributed by atoms with Crippen LogP contribution < -0.4 is 0 Å². The van der Waals surface area contributed by atoms with Crippen LogP contribution in [0.1, 0.15) is 101 Å². The molecule has 0 aromatic rings. The molecule has 224 valence electrons. The number of rotatable bonds is 6. The number of hydrogen-bond acceptors (Lipinski definition) is 8. The van der Waals surface area contributed by atoms with E-state index in [1.54, 1.807) is 13.8 Å². The van der Waals surface area contributed by atoms with E-state index in [-0.39, 0.29) is 49.1 Å². The van der Waals surface area contributed by atoms with Gasteiger partial charge in [0.05, 0.1) is 6.10 Å². The second kappa shape index (κ2) is 9.30. The van der Waals surface area contributed by atoms with Crippen LogP contribution in [0.5, 0.6) is 0 Å². The second-order valence-corrected chi connectivity index (χ2v) is 15.1. The van der Waals surface area contributed by atoms with Gasteiger partial charge >= 0.3 is 5.97 Å². The molecule has 0 aromatic heterocycles. The van der Waals surface area contributed by atoms with Crippen molar-refractivity contribution < 1.29 is 39.2 Å². The molecule has 0 aromatic carbocycles. The molecule has 0 unspecified atom stereocenters. The summed E-state index contributed by atoms with van der Waals surface area (Å²) in [5, 5.41) is 34.1. The lowest BCUT2D eigenvalue weighted by atomic mass is 9.38. The van der Waals surface area contributed by atoms with Crippen LogP contribution in [0.3, 0.4) is 0 Å². The quantitative estimate of drug-likeness (QED) is 0.330. The average Bonchev–Trinajstić information content (AvgIpc) is 3.01. The number of Topliss-reactive ketones (excluding diaryl/α,β-unsaturated/α-hetero) is 3. The SMILES string of the molecule is CC(=O)OC(C)(C)CCC(=O)[C@](C)(O)[C@H]1[C@H](O)C[C@@]2(C)[C@@H]3CC=C4[C@H](C[C@H](O)C(=O)C4(C)C)[C@]3(C)C(=O)C[C@]12C. The predicted molar refractivity (Wildman–Crippen MR) is 148 cm³/mol. The van der Waals surface area contributed by atoms with E-state index >= 15 is 0 Å². The maximum Gasteiger partial charge on any atom is 0.303 e. The molecule has 8 heteroatoms. The van der Waals surface area contributed by atoms with Crippen molar-refractivity contribution in [2.45, 2.75) is 124 Å². The summed E-state index contributed by atoms with van der Waals surface area (Å²) in [6, 6.07) is 0. The molecule has 3 N–H and O–H groups in total. The Morgan fingerprint density at radius 3 is 2.23 bits per heavy atom. The first-order valence-electron chi connectivity index (χ1n) is 14.7. The first-order chi connectivity index (χ1) is 18.1. The van der Waals surface area contributed by atoms with Crippen molar-refractivity contribution in [3.63, 3.8) is 0 Å². The van der Waals surface area contributed by atoms with Crippen LogP contribution in [-0.4, -0.2) is 62.0 Å². The van der Waals surface area contributed by atoms with E-state index in [0.717, 1.165) is 5.57 Å². The molecule has 0 spiro atoms. The fourth-order valence-corrected chi connectivity index (χ4v) is 9.68. The molecule has 4 rings (SSSR count). The molecule has 4 aliphatic carbocycles. The third-order valence-electron chi connectivity index (χ3n) is 11.9. The van der Waals surface area contributed by atoms with Crippen molar-refractivity contribution in [2.24, 2.45) is 39.4 Å². The molecule has 9 atom stereocenters. The molecular formula is C32H48O8. The molecule has 0 saturated heterocycles. The third-order valence-corrected chi connectivity index (χ3v) is 11.9. The summed E-state index contributed by atoms with van der Waals surface area (Å²) in [5.74, 6) is -2.52. The maximum atomic E-state index is 14.3. The lowest BCUT2D eigenvalue weighted by Crippen LogP contribution is -2.65. The smallest absolute Gasteiger partial charge is 0.303 e. The molecule has 0 amide bonds. The Hall–Kier alpha value is -1.90. The largest absolute Gasteiger partial charge is 0.460 e. The van der Waals surface area contributed by atoms with E-state index in [9.17, 15) is 34.5 Å². The molecule has 0 radical (unpaired) electrons. The predicted octanol–water partition coefficient (Wildman–Crippen LogP) is 3.72. The third kappa shape index (κ3) is 4.18. The van der Waals surface area contributed by atoms with E-state index in [4.69, 9.17) is 4.74 Å². The summed E-state index contributed by atoms with van der Waals surface area (Å²) < 4.78 is 5.31. The Kier molecular flexibility index (Phi) is 7.22. The van der Waals surface area contributed by atoms with Crippen LogP contribution in [0.25, 0.3) is 0 Å². The summed E-state index contributed by atoms with van der Waals surface area (Å²) in [6.07, 6.45) is 1.23. The molecule has 3 saturated carbocycles. The van der Waals surface area contributed by atoms with E-state index in [1.807, 2.05) is 27.7 Å². The van der Waals surface area contributed by atoms with Gasteiger partial charge in [0, 0.05) is 36.5 Å². The van der Waals surface area contributed by atoms with Crippen LogP contribution in [0.2, 0.25) is 0 Å². The van der Waals surface area contributed by atoms with Gasteiger partial charge in [0.25, 0.3) is 0 Å². The summed E-state index contributed by atoms with van der Waals surface area (Å²) in [5.41, 5.74) is -5.07. The number of hydrogen-bond donors (Lipinski definition) is 3. The Morgan fingerprint density at radius 1 is 1.05 bits per heavy atom. The van der Waals surface area contributed by atoms with Crippen molar-refractivity contribution >= 4 is 23.3 Å². The molecule has 40 heavy (non-hydrogen) atoms. The van der Waals surface area contributed by atoms with Gasteiger partial charge in [0.1, 0.15) is 23.1 Å². The standard InChI is InChI=1S/C32H48O8/c1-17(33)40-27(2,3)13-12-23(36)32(9,39)25-21(35)15-29(6)22-11-10-18-19(14-20(34)26(38)28(18,4)5)31(22,8)24(37)16-30(25,29)7/h10,19-22,25,34-35,39H,11-16H2,1-9H3/t19-,20-,21+,22-,25-,29-,30+,31-,32-/m0/s1. The first-order valence-corrected chi connectivity index (χ1v) is 14.7. The van der Waals surface area contributed by atoms with Gasteiger partial charge in [-0.15, -0.1) is 0 Å². The Balaban J connectivity index is 1.70. The van der Waals surface area contributed by atoms with Crippen LogP contribution in [0.4, 0.5) is 0 Å². The molecule has 4 aliphatic rings. The number of aliphatic hydroxyl groups excluding tert-OH is 2. The number of carbonyl (C=O) groups is 4. The molecule has 0 heterocycles. The van der Waals surface area contributed by atoms with Crippen LogP contribution >= 0.6 is 0 Å². The van der Waals surface area contributed by atoms with Crippen molar-refractivity contribution in [1.29, 1.82) is 0 Å². The molecule has 0 aliphatic heterocycles. The molecule has 8 nitrogen and oxygen atoms in total. The van der Waals surface area contributed by atoms with Crippen LogP contribution in [0.15, 0.2) is 11.6 Å². The Morgan fingerprint density at radius 2 is 1.65 bits per heavy atom. The summed E-state index contributed by atoms with van der Waals surface area (Å²) in [6.45, 7) is 15.8. The first kappa shape index (κ1) is 31.0. The second-order valence-electron chi connectivity index (χ2n) is 15.1. The molecule has 0 bridgehead atoms. The normalized spacial score (nSPS) is 42.2. The number of ketones is 3.